The molecule has 15 heavy (non-hydrogen) atoms. The molecule has 1 aromatic rings. The highest BCUT2D eigenvalue weighted by atomic mass is 31.2. The number of aliphatic hydroxyl groups is 1. The minimum atomic E-state index is -3.20. The van der Waals surface area contributed by atoms with E-state index in [2.05, 4.69) is 0 Å². The van der Waals surface area contributed by atoms with Gasteiger partial charge in [0.05, 0.1) is 5.60 Å². The first-order chi connectivity index (χ1) is 8.52. The normalized spacial score (nSPS) is 47.1. The first-order valence-corrected chi connectivity index (χ1v) is 6.96. The highest BCUT2D eigenvalue weighted by Crippen LogP contribution is 2.51. The summed E-state index contributed by atoms with van der Waals surface area (Å²) in [5.74, 6) is 0. The summed E-state index contributed by atoms with van der Waals surface area (Å²) in [6, 6.07) is 8.43. The molecule has 2 rings (SSSR count). The molecule has 1 saturated heterocycles. The average Bonchev–Trinajstić information content (AvgIpc) is 2.26. The van der Waals surface area contributed by atoms with E-state index in [0.29, 0.717) is 5.30 Å². The first kappa shape index (κ1) is 6.88. The van der Waals surface area contributed by atoms with Crippen molar-refractivity contribution >= 4 is 12.4 Å². The van der Waals surface area contributed by atoms with Crippen molar-refractivity contribution in [1.82, 2.24) is 0 Å². The Morgan fingerprint density at radius 3 is 2.40 bits per heavy atom. The lowest BCUT2D eigenvalue weighted by Gasteiger charge is -2.33. The van der Waals surface area contributed by atoms with Gasteiger partial charge >= 0.3 is 0 Å². The topological polar surface area (TPSA) is 37.3 Å². The second kappa shape index (κ2) is 3.77. The van der Waals surface area contributed by atoms with Crippen molar-refractivity contribution in [2.45, 2.75) is 25.3 Å². The minimum absolute atomic E-state index is 0.337. The summed E-state index contributed by atoms with van der Waals surface area (Å²) in [6.07, 6.45) is -5.15. The molecule has 0 atom stereocenters. The molecule has 0 spiro atoms. The summed E-state index contributed by atoms with van der Waals surface area (Å²) in [5, 5.41) is 10.6. The standard InChI is InChI=1S/C12H17O2P/c1-12(13)7-9-15(14,10-8-12)11-5-3-2-4-6-11/h2-6,13H,7-10H2,1H3/i7D2,8D2. The molecule has 82 valence electrons. The molecule has 2 nitrogen and oxygen atoms in total. The van der Waals surface area contributed by atoms with Gasteiger partial charge < -0.3 is 9.67 Å². The second-order valence-corrected chi connectivity index (χ2v) is 6.89. The van der Waals surface area contributed by atoms with Gasteiger partial charge in [-0.3, -0.25) is 0 Å². The summed E-state index contributed by atoms with van der Waals surface area (Å²) in [5.41, 5.74) is -2.15. The van der Waals surface area contributed by atoms with Gasteiger partial charge in [-0.15, -0.1) is 0 Å². The highest BCUT2D eigenvalue weighted by Gasteiger charge is 2.36. The van der Waals surface area contributed by atoms with Crippen LogP contribution in [-0.2, 0) is 4.57 Å². The SMILES string of the molecule is [2H]C1([2H])CP(=O)(c2ccccc2)CC([2H])([2H])C1(C)O. The van der Waals surface area contributed by atoms with Crippen LogP contribution < -0.4 is 5.30 Å². The Morgan fingerprint density at radius 2 is 1.87 bits per heavy atom. The van der Waals surface area contributed by atoms with Crippen LogP contribution >= 0.6 is 7.14 Å². The van der Waals surface area contributed by atoms with Gasteiger partial charge in [0, 0.05) is 23.1 Å². The largest absolute Gasteiger partial charge is 0.390 e. The molecule has 0 amide bonds. The molecule has 1 aliphatic heterocycles. The van der Waals surface area contributed by atoms with E-state index in [1.807, 2.05) is 0 Å². The zero-order valence-corrected chi connectivity index (χ0v) is 9.50. The molecule has 0 radical (unpaired) electrons. The minimum Gasteiger partial charge on any atom is -0.390 e. The molecule has 1 aliphatic rings. The summed E-state index contributed by atoms with van der Waals surface area (Å²) >= 11 is 0. The predicted molar refractivity (Wildman–Crippen MR) is 63.3 cm³/mol. The van der Waals surface area contributed by atoms with Crippen molar-refractivity contribution < 1.29 is 15.2 Å². The smallest absolute Gasteiger partial charge is 0.115 e. The molecular weight excluding hydrogens is 207 g/mol. The molecule has 1 fully saturated rings. The fourth-order valence-corrected chi connectivity index (χ4v) is 3.88. The third kappa shape index (κ3) is 2.32. The zero-order valence-electron chi connectivity index (χ0n) is 12.6. The van der Waals surface area contributed by atoms with Crippen molar-refractivity contribution in [3.05, 3.63) is 30.3 Å². The summed E-state index contributed by atoms with van der Waals surface area (Å²) in [7, 11) is -3.20. The quantitative estimate of drug-likeness (QED) is 0.748. The molecule has 0 aromatic heterocycles. The Balaban J connectivity index is 2.51. The number of hydrogen-bond acceptors (Lipinski definition) is 2. The van der Waals surface area contributed by atoms with Crippen LogP contribution in [0.5, 0.6) is 0 Å². The molecule has 1 N–H and O–H groups in total. The van der Waals surface area contributed by atoms with Crippen molar-refractivity contribution in [1.29, 1.82) is 0 Å². The van der Waals surface area contributed by atoms with Crippen molar-refractivity contribution in [2.75, 3.05) is 12.3 Å². The Bertz CT molecular complexity index is 504. The third-order valence-corrected chi connectivity index (χ3v) is 5.16. The lowest BCUT2D eigenvalue weighted by molar-refractivity contribution is 0.0498. The van der Waals surface area contributed by atoms with Gasteiger partial charge in [-0.2, -0.15) is 0 Å². The van der Waals surface area contributed by atoms with Crippen LogP contribution in [0.1, 0.15) is 25.2 Å². The fraction of sp³-hybridized carbons (Fsp3) is 0.500. The van der Waals surface area contributed by atoms with Gasteiger partial charge in [0.25, 0.3) is 0 Å². The number of benzene rings is 1. The number of rotatable bonds is 1. The Morgan fingerprint density at radius 1 is 1.33 bits per heavy atom. The molecule has 0 saturated carbocycles. The van der Waals surface area contributed by atoms with Crippen molar-refractivity contribution in [3.63, 3.8) is 0 Å². The lowest BCUT2D eigenvalue weighted by atomic mass is 10.0. The van der Waals surface area contributed by atoms with Gasteiger partial charge in [-0.25, -0.2) is 0 Å². The van der Waals surface area contributed by atoms with Gasteiger partial charge in [0.15, 0.2) is 0 Å². The van der Waals surface area contributed by atoms with E-state index in [1.165, 1.54) is 0 Å². The Kier molecular flexibility index (Phi) is 1.73. The van der Waals surface area contributed by atoms with Crippen LogP contribution in [0.2, 0.25) is 0 Å². The fourth-order valence-electron chi connectivity index (χ4n) is 1.56. The molecule has 0 bridgehead atoms. The first-order valence-electron chi connectivity index (χ1n) is 6.88. The summed E-state index contributed by atoms with van der Waals surface area (Å²) in [4.78, 5) is 0. The molecule has 0 unspecified atom stereocenters. The van der Waals surface area contributed by atoms with E-state index in [4.69, 9.17) is 5.48 Å². The van der Waals surface area contributed by atoms with Crippen molar-refractivity contribution in [3.8, 4) is 0 Å². The summed E-state index contributed by atoms with van der Waals surface area (Å²) in [6.45, 7) is 1.14. The molecule has 0 aliphatic carbocycles. The molecule has 3 heteroatoms. The lowest BCUT2D eigenvalue weighted by Crippen LogP contribution is -2.33. The van der Waals surface area contributed by atoms with Crippen LogP contribution in [0.3, 0.4) is 0 Å². The number of hydrogen-bond donors (Lipinski definition) is 1. The van der Waals surface area contributed by atoms with E-state index in [0.717, 1.165) is 6.92 Å². The third-order valence-electron chi connectivity index (χ3n) is 2.58. The highest BCUT2D eigenvalue weighted by molar-refractivity contribution is 7.71. The van der Waals surface area contributed by atoms with Crippen molar-refractivity contribution in [2.24, 2.45) is 0 Å². The average molecular weight is 228 g/mol. The zero-order chi connectivity index (χ0) is 14.5. The van der Waals surface area contributed by atoms with Crippen LogP contribution in [0, 0.1) is 0 Å². The Labute approximate surface area is 96.3 Å². The van der Waals surface area contributed by atoms with E-state index in [9.17, 15) is 9.67 Å². The van der Waals surface area contributed by atoms with Gasteiger partial charge in [-0.1, -0.05) is 30.3 Å². The predicted octanol–water partition coefficient (Wildman–Crippen LogP) is 2.22. The monoisotopic (exact) mass is 228 g/mol. The van der Waals surface area contributed by atoms with E-state index >= 15 is 0 Å². The van der Waals surface area contributed by atoms with Crippen LogP contribution in [0.15, 0.2) is 30.3 Å². The molecule has 1 heterocycles. The maximum atomic E-state index is 13.0. The maximum Gasteiger partial charge on any atom is 0.115 e. The van der Waals surface area contributed by atoms with E-state index in [-0.39, 0.29) is 12.3 Å². The molecular formula is C12H17O2P. The van der Waals surface area contributed by atoms with E-state index in [1.54, 1.807) is 30.3 Å². The van der Waals surface area contributed by atoms with Gasteiger partial charge in [-0.05, 0) is 19.7 Å². The Hall–Kier alpha value is -0.590. The van der Waals surface area contributed by atoms with Crippen LogP contribution in [-0.4, -0.2) is 23.0 Å². The summed E-state index contributed by atoms with van der Waals surface area (Å²) < 4.78 is 44.5. The second-order valence-electron chi connectivity index (χ2n) is 3.97. The maximum absolute atomic E-state index is 13.0. The molecule has 1 aromatic carbocycles. The van der Waals surface area contributed by atoms with E-state index < -0.39 is 25.5 Å². The van der Waals surface area contributed by atoms with Crippen LogP contribution in [0.25, 0.3) is 0 Å². The van der Waals surface area contributed by atoms with Gasteiger partial charge in [0.1, 0.15) is 7.14 Å². The van der Waals surface area contributed by atoms with Gasteiger partial charge in [0.2, 0.25) is 0 Å². The van der Waals surface area contributed by atoms with Crippen LogP contribution in [0.4, 0.5) is 0 Å².